The molecule has 3 rings (SSSR count). The molecule has 13 N–H and O–H groups in total. The molecule has 2 heterocycles. The Morgan fingerprint density at radius 1 is 0.587 bits per heavy atom. The largest absolute Gasteiger partial charge is 0.481 e. The molecule has 0 saturated carbocycles. The molecule has 9 atom stereocenters. The Kier molecular flexibility index (Phi) is 25.0. The highest BCUT2D eigenvalue weighted by atomic mass is 16.4. The monoisotopic (exact) mass is 1060 g/mol. The maximum absolute atomic E-state index is 14.4. The van der Waals surface area contributed by atoms with Gasteiger partial charge in [0.25, 0.3) is 0 Å². The second-order valence-corrected chi connectivity index (χ2v) is 20.7. The first-order valence-electron chi connectivity index (χ1n) is 25.9. The quantitative estimate of drug-likeness (QED) is 0.0423. The van der Waals surface area contributed by atoms with Crippen LogP contribution in [0.4, 0.5) is 0 Å². The van der Waals surface area contributed by atoms with Gasteiger partial charge in [0.15, 0.2) is 0 Å². The second kappa shape index (κ2) is 30.0. The van der Waals surface area contributed by atoms with Crippen LogP contribution >= 0.6 is 0 Å². The van der Waals surface area contributed by atoms with Crippen LogP contribution in [0.3, 0.4) is 0 Å². The molecule has 0 aliphatic carbocycles. The fourth-order valence-electron chi connectivity index (χ4n) is 8.95. The summed E-state index contributed by atoms with van der Waals surface area (Å²) in [5, 5.41) is 37.5. The van der Waals surface area contributed by atoms with E-state index in [-0.39, 0.29) is 32.4 Å². The average Bonchev–Trinajstić information content (AvgIpc) is 4.05. The second-order valence-electron chi connectivity index (χ2n) is 20.7. The molecular formula is C51H81N11O13. The van der Waals surface area contributed by atoms with E-state index in [0.29, 0.717) is 44.2 Å². The zero-order valence-electron chi connectivity index (χ0n) is 44.5. The zero-order valence-corrected chi connectivity index (χ0v) is 44.5. The van der Waals surface area contributed by atoms with Gasteiger partial charge < -0.3 is 68.7 Å². The predicted molar refractivity (Wildman–Crippen MR) is 274 cm³/mol. The van der Waals surface area contributed by atoms with Crippen LogP contribution in [0.2, 0.25) is 0 Å². The van der Waals surface area contributed by atoms with Gasteiger partial charge in [-0.1, -0.05) is 92.1 Å². The first-order chi connectivity index (χ1) is 35.3. The molecule has 2 fully saturated rings. The van der Waals surface area contributed by atoms with Crippen molar-refractivity contribution in [3.05, 3.63) is 35.9 Å². The van der Waals surface area contributed by atoms with Crippen molar-refractivity contribution in [2.24, 2.45) is 35.1 Å². The van der Waals surface area contributed by atoms with Gasteiger partial charge in [-0.25, -0.2) is 4.79 Å². The van der Waals surface area contributed by atoms with Crippen LogP contribution < -0.4 is 48.7 Å². The van der Waals surface area contributed by atoms with Crippen molar-refractivity contribution in [2.75, 3.05) is 26.2 Å². The number of unbranched alkanes of at least 4 members (excludes halogenated alkanes) is 1. The van der Waals surface area contributed by atoms with E-state index in [1.807, 2.05) is 0 Å². The molecule has 9 amide bonds. The fourth-order valence-corrected chi connectivity index (χ4v) is 8.95. The number of hydrogen-bond donors (Lipinski definition) is 11. The van der Waals surface area contributed by atoms with E-state index < -0.39 is 156 Å². The van der Waals surface area contributed by atoms with E-state index in [0.717, 1.165) is 4.90 Å². The number of rotatable bonds is 29. The molecule has 1 aromatic carbocycles. The van der Waals surface area contributed by atoms with Crippen LogP contribution in [-0.2, 0) is 59.2 Å². The van der Waals surface area contributed by atoms with Gasteiger partial charge in [0.05, 0.1) is 19.0 Å². The lowest BCUT2D eigenvalue weighted by Gasteiger charge is -2.33. The summed E-state index contributed by atoms with van der Waals surface area (Å²) < 4.78 is 0. The van der Waals surface area contributed by atoms with Crippen LogP contribution in [0.15, 0.2) is 30.3 Å². The molecule has 24 nitrogen and oxygen atoms in total. The lowest BCUT2D eigenvalue weighted by atomic mass is 9.99. The van der Waals surface area contributed by atoms with E-state index in [2.05, 4.69) is 37.2 Å². The Morgan fingerprint density at radius 3 is 1.60 bits per heavy atom. The minimum atomic E-state index is -1.71. The molecule has 0 radical (unpaired) electrons. The number of likely N-dealkylation sites (tertiary alicyclic amines) is 2. The predicted octanol–water partition coefficient (Wildman–Crippen LogP) is -1.12. The molecule has 0 aromatic heterocycles. The number of aliphatic carboxylic acids is 2. The van der Waals surface area contributed by atoms with Crippen molar-refractivity contribution in [3.63, 3.8) is 0 Å². The van der Waals surface area contributed by atoms with E-state index in [1.165, 1.54) is 4.90 Å². The van der Waals surface area contributed by atoms with Crippen molar-refractivity contribution in [3.8, 4) is 0 Å². The lowest BCUT2D eigenvalue weighted by Crippen LogP contribution is -2.61. The van der Waals surface area contributed by atoms with Crippen LogP contribution in [0, 0.1) is 23.7 Å². The van der Waals surface area contributed by atoms with Gasteiger partial charge >= 0.3 is 11.9 Å². The van der Waals surface area contributed by atoms with E-state index in [1.54, 1.807) is 85.7 Å². The van der Waals surface area contributed by atoms with Gasteiger partial charge in [-0.05, 0) is 74.3 Å². The molecule has 0 spiro atoms. The number of carboxylic acids is 2. The summed E-state index contributed by atoms with van der Waals surface area (Å²) in [5.74, 6) is -11.1. The Balaban J connectivity index is 1.78. The van der Waals surface area contributed by atoms with Gasteiger partial charge in [0, 0.05) is 19.5 Å². The molecule has 1 aromatic rings. The number of hydrogen-bond acceptors (Lipinski definition) is 13. The summed E-state index contributed by atoms with van der Waals surface area (Å²) in [7, 11) is 0. The Hall–Kier alpha value is -6.69. The summed E-state index contributed by atoms with van der Waals surface area (Å²) in [5.41, 5.74) is 12.3. The van der Waals surface area contributed by atoms with Gasteiger partial charge in [-0.3, -0.25) is 47.9 Å². The fraction of sp³-hybridized carbons (Fsp3) is 0.667. The van der Waals surface area contributed by atoms with Crippen molar-refractivity contribution in [2.45, 2.75) is 168 Å². The number of nitrogens with two attached hydrogens (primary N) is 2. The molecule has 2 saturated heterocycles. The summed E-state index contributed by atoms with van der Waals surface area (Å²) in [6.07, 6.45) is 1.69. The van der Waals surface area contributed by atoms with Crippen LogP contribution in [-0.4, -0.2) is 166 Å². The van der Waals surface area contributed by atoms with Crippen LogP contribution in [0.5, 0.6) is 0 Å². The summed E-state index contributed by atoms with van der Waals surface area (Å²) in [6, 6.07) is -2.27. The average molecular weight is 1060 g/mol. The Bertz CT molecular complexity index is 2180. The van der Waals surface area contributed by atoms with Gasteiger partial charge in [-0.2, -0.15) is 0 Å². The van der Waals surface area contributed by atoms with Crippen molar-refractivity contribution < 1.29 is 63.0 Å². The van der Waals surface area contributed by atoms with E-state index in [9.17, 15) is 63.0 Å². The topological polar surface area (TPSA) is 371 Å². The van der Waals surface area contributed by atoms with Crippen molar-refractivity contribution >= 4 is 65.1 Å². The number of carbonyl (C=O) groups excluding carboxylic acids is 9. The molecule has 75 heavy (non-hydrogen) atoms. The first kappa shape index (κ1) is 62.6. The number of benzene rings is 1. The number of nitrogens with one attached hydrogen (secondary N) is 7. The van der Waals surface area contributed by atoms with Gasteiger partial charge in [0.2, 0.25) is 53.2 Å². The third-order valence-corrected chi connectivity index (χ3v) is 13.3. The molecule has 418 valence electrons. The Morgan fingerprint density at radius 2 is 1.09 bits per heavy atom. The maximum Gasteiger partial charge on any atom is 0.326 e. The number of carbonyl (C=O) groups is 11. The number of nitrogens with zero attached hydrogens (tertiary/aromatic N) is 2. The van der Waals surface area contributed by atoms with E-state index >= 15 is 0 Å². The highest BCUT2D eigenvalue weighted by molar-refractivity contribution is 5.99. The summed E-state index contributed by atoms with van der Waals surface area (Å²) >= 11 is 0. The van der Waals surface area contributed by atoms with Gasteiger partial charge in [0.1, 0.15) is 48.3 Å². The lowest BCUT2D eigenvalue weighted by molar-refractivity contribution is -0.147. The van der Waals surface area contributed by atoms with Crippen molar-refractivity contribution in [1.29, 1.82) is 0 Å². The standard InChI is InChI=1S/C51H81N11O13/c1-27(2)39(47(70)54-26-37(63)57-42(30(7)8)51(74)75)59-45(68)36-20-15-23-62(36)50(73)41(29(5)6)60-46(69)35-19-14-22-61(35)49(72)34(25-38(64)65)56-44(67)33(24-31-16-10-9-11-17-31)55-48(71)40(28(3)4)58-43(66)32(53)18-12-13-21-52/h9-11,16-17,27-30,32-36,39-42H,12-15,18-26,52-53H2,1-8H3,(H,54,70)(H,55,71)(H,56,67)(H,57,63)(H,58,66)(H,59,68)(H,60,69)(H,64,65)(H,74,75)/t32-,33-,34-,35-,36-,39-,40-,41-,42-/m0/s1. The molecule has 24 heteroatoms. The van der Waals surface area contributed by atoms with E-state index in [4.69, 9.17) is 11.5 Å². The molecule has 2 aliphatic heterocycles. The smallest absolute Gasteiger partial charge is 0.326 e. The minimum absolute atomic E-state index is 0.00193. The molecule has 2 aliphatic rings. The highest BCUT2D eigenvalue weighted by Crippen LogP contribution is 2.24. The summed E-state index contributed by atoms with van der Waals surface area (Å²) in [4.78, 5) is 150. The van der Waals surface area contributed by atoms with Crippen LogP contribution in [0.1, 0.15) is 112 Å². The summed E-state index contributed by atoms with van der Waals surface area (Å²) in [6.45, 7) is 13.3. The molecular weight excluding hydrogens is 975 g/mol. The molecule has 0 bridgehead atoms. The Labute approximate surface area is 438 Å². The third kappa shape index (κ3) is 18.9. The van der Waals surface area contributed by atoms with Gasteiger partial charge in [-0.15, -0.1) is 0 Å². The molecule has 0 unspecified atom stereocenters. The third-order valence-electron chi connectivity index (χ3n) is 13.3. The maximum atomic E-state index is 14.4. The first-order valence-corrected chi connectivity index (χ1v) is 25.9. The highest BCUT2D eigenvalue weighted by Gasteiger charge is 2.44. The SMILES string of the molecule is CC(C)[C@H](NC(=O)CNC(=O)[C@@H](NC(=O)[C@@H]1CCCN1C(=O)[C@@H](NC(=O)[C@@H]1CCCN1C(=O)[C@H](CC(=O)O)NC(=O)[C@H](Cc1ccccc1)NC(=O)[C@@H](NC(=O)[C@@H](N)CCCCN)C(C)C)C(C)C)C(C)C)C(=O)O. The number of amides is 9. The zero-order chi connectivity index (χ0) is 56.3. The van der Waals surface area contributed by atoms with Crippen LogP contribution in [0.25, 0.3) is 0 Å². The van der Waals surface area contributed by atoms with Crippen molar-refractivity contribution in [1.82, 2.24) is 47.0 Å². The normalized spacial score (nSPS) is 18.3. The number of carboxylic acid groups (broad SMARTS) is 2. The minimum Gasteiger partial charge on any atom is -0.481 e.